The first kappa shape index (κ1) is 15.9. The summed E-state index contributed by atoms with van der Waals surface area (Å²) in [5.41, 5.74) is -0.298. The molecule has 1 aliphatic carbocycles. The van der Waals surface area contributed by atoms with Gasteiger partial charge in [0.15, 0.2) is 0 Å². The van der Waals surface area contributed by atoms with E-state index in [0.717, 1.165) is 24.5 Å². The third-order valence-corrected chi connectivity index (χ3v) is 5.07. The standard InChI is InChI=1S/C16H29BO3/c1-14(2,3)12-8-10-13(11-9-12)18-17-19-15(4,5)16(6,7)20-17/h10,12H,8-9,11H2,1-7H3. The van der Waals surface area contributed by atoms with Crippen molar-refractivity contribution in [2.75, 3.05) is 0 Å². The van der Waals surface area contributed by atoms with Crippen LogP contribution in [0.2, 0.25) is 0 Å². The van der Waals surface area contributed by atoms with Gasteiger partial charge < -0.3 is 14.0 Å². The van der Waals surface area contributed by atoms with E-state index in [4.69, 9.17) is 14.0 Å². The smallest absolute Gasteiger partial charge is 0.516 e. The highest BCUT2D eigenvalue weighted by Crippen LogP contribution is 2.40. The highest BCUT2D eigenvalue weighted by molar-refractivity contribution is 6.38. The largest absolute Gasteiger partial charge is 0.713 e. The van der Waals surface area contributed by atoms with E-state index in [9.17, 15) is 0 Å². The fourth-order valence-corrected chi connectivity index (χ4v) is 2.66. The molecule has 0 saturated carbocycles. The van der Waals surface area contributed by atoms with Crippen LogP contribution in [0.4, 0.5) is 0 Å². The minimum absolute atomic E-state index is 0.333. The molecular weight excluding hydrogens is 251 g/mol. The summed E-state index contributed by atoms with van der Waals surface area (Å²) in [6.45, 7) is 15.1. The molecule has 1 fully saturated rings. The molecule has 3 nitrogen and oxygen atoms in total. The molecule has 1 unspecified atom stereocenters. The second kappa shape index (κ2) is 5.06. The molecule has 20 heavy (non-hydrogen) atoms. The monoisotopic (exact) mass is 280 g/mol. The highest BCUT2D eigenvalue weighted by Gasteiger charge is 2.54. The molecule has 2 rings (SSSR count). The van der Waals surface area contributed by atoms with Gasteiger partial charge in [0.1, 0.15) is 0 Å². The van der Waals surface area contributed by atoms with Crippen LogP contribution in [0.1, 0.15) is 67.7 Å². The summed E-state index contributed by atoms with van der Waals surface area (Å²) >= 11 is 0. The van der Waals surface area contributed by atoms with Crippen molar-refractivity contribution in [3.63, 3.8) is 0 Å². The van der Waals surface area contributed by atoms with Crippen molar-refractivity contribution in [3.05, 3.63) is 11.8 Å². The third kappa shape index (κ3) is 3.22. The summed E-state index contributed by atoms with van der Waals surface area (Å²) in [5.74, 6) is 1.75. The Morgan fingerprint density at radius 3 is 2.10 bits per heavy atom. The molecule has 114 valence electrons. The van der Waals surface area contributed by atoms with Crippen molar-refractivity contribution in [3.8, 4) is 0 Å². The van der Waals surface area contributed by atoms with Crippen LogP contribution in [0, 0.1) is 11.3 Å². The Morgan fingerprint density at radius 2 is 1.70 bits per heavy atom. The first-order chi connectivity index (χ1) is 9.01. The van der Waals surface area contributed by atoms with Crippen molar-refractivity contribution in [1.29, 1.82) is 0 Å². The average Bonchev–Trinajstić information content (AvgIpc) is 2.46. The molecule has 1 heterocycles. The van der Waals surface area contributed by atoms with E-state index < -0.39 is 7.32 Å². The Labute approximate surface area is 124 Å². The molecule has 0 amide bonds. The van der Waals surface area contributed by atoms with Gasteiger partial charge in [0.05, 0.1) is 17.0 Å². The normalized spacial score (nSPS) is 29.2. The van der Waals surface area contributed by atoms with Crippen molar-refractivity contribution in [2.45, 2.75) is 78.9 Å². The summed E-state index contributed by atoms with van der Waals surface area (Å²) in [5, 5.41) is 0. The van der Waals surface area contributed by atoms with Gasteiger partial charge in [-0.2, -0.15) is 0 Å². The van der Waals surface area contributed by atoms with Gasteiger partial charge in [-0.1, -0.05) is 20.8 Å². The van der Waals surface area contributed by atoms with Crippen LogP contribution in [0.15, 0.2) is 11.8 Å². The average molecular weight is 280 g/mol. The molecule has 0 aromatic heterocycles. The van der Waals surface area contributed by atoms with E-state index >= 15 is 0 Å². The Hall–Kier alpha value is -0.475. The molecule has 0 spiro atoms. The summed E-state index contributed by atoms with van der Waals surface area (Å²) in [4.78, 5) is 0. The fourth-order valence-electron chi connectivity index (χ4n) is 2.66. The van der Waals surface area contributed by atoms with Crippen LogP contribution >= 0.6 is 0 Å². The van der Waals surface area contributed by atoms with Gasteiger partial charge in [0.2, 0.25) is 0 Å². The van der Waals surface area contributed by atoms with Gasteiger partial charge in [-0.3, -0.25) is 0 Å². The number of allylic oxidation sites excluding steroid dienone is 2. The quantitative estimate of drug-likeness (QED) is 0.705. The second-order valence-corrected chi connectivity index (χ2v) is 8.17. The first-order valence-electron chi connectivity index (χ1n) is 7.73. The van der Waals surface area contributed by atoms with Crippen molar-refractivity contribution < 1.29 is 14.0 Å². The Balaban J connectivity index is 1.92. The van der Waals surface area contributed by atoms with E-state index in [2.05, 4.69) is 26.8 Å². The molecule has 0 aromatic carbocycles. The minimum atomic E-state index is -0.572. The number of rotatable bonds is 2. The van der Waals surface area contributed by atoms with Crippen LogP contribution < -0.4 is 0 Å². The molecule has 0 aromatic rings. The SMILES string of the molecule is CC(C)(C)C1CC=C(OB2OC(C)(C)C(C)(C)O2)CC1. The molecule has 1 saturated heterocycles. The fraction of sp³-hybridized carbons (Fsp3) is 0.875. The van der Waals surface area contributed by atoms with Crippen LogP contribution in [0.25, 0.3) is 0 Å². The molecule has 0 N–H and O–H groups in total. The van der Waals surface area contributed by atoms with Gasteiger partial charge in [0, 0.05) is 6.42 Å². The Morgan fingerprint density at radius 1 is 1.15 bits per heavy atom. The summed E-state index contributed by atoms with van der Waals surface area (Å²) in [6, 6.07) is 0. The summed E-state index contributed by atoms with van der Waals surface area (Å²) < 4.78 is 17.7. The van der Waals surface area contributed by atoms with Crippen molar-refractivity contribution >= 4 is 7.32 Å². The summed E-state index contributed by atoms with van der Waals surface area (Å²) in [6.07, 6.45) is 5.45. The molecule has 0 bridgehead atoms. The molecule has 1 aliphatic heterocycles. The number of hydrogen-bond donors (Lipinski definition) is 0. The van der Waals surface area contributed by atoms with E-state index in [-0.39, 0.29) is 11.2 Å². The lowest BCUT2D eigenvalue weighted by Crippen LogP contribution is -2.41. The lowest BCUT2D eigenvalue weighted by molar-refractivity contribution is 0.00578. The van der Waals surface area contributed by atoms with E-state index in [1.807, 2.05) is 27.7 Å². The van der Waals surface area contributed by atoms with Gasteiger partial charge in [-0.25, -0.2) is 0 Å². The van der Waals surface area contributed by atoms with Crippen molar-refractivity contribution in [1.82, 2.24) is 0 Å². The van der Waals surface area contributed by atoms with E-state index in [1.54, 1.807) is 0 Å². The van der Waals surface area contributed by atoms with Crippen LogP contribution in [0.3, 0.4) is 0 Å². The maximum Gasteiger partial charge on any atom is 0.713 e. The second-order valence-electron chi connectivity index (χ2n) is 8.17. The maximum absolute atomic E-state index is 5.90. The number of hydrogen-bond acceptors (Lipinski definition) is 3. The molecule has 4 heteroatoms. The van der Waals surface area contributed by atoms with Gasteiger partial charge in [0.25, 0.3) is 0 Å². The highest BCUT2D eigenvalue weighted by atomic mass is 16.8. The zero-order valence-corrected chi connectivity index (χ0v) is 14.1. The first-order valence-corrected chi connectivity index (χ1v) is 7.73. The van der Waals surface area contributed by atoms with Gasteiger partial charge in [-0.15, -0.1) is 0 Å². The van der Waals surface area contributed by atoms with Crippen LogP contribution in [0.5, 0.6) is 0 Å². The van der Waals surface area contributed by atoms with Crippen molar-refractivity contribution in [2.24, 2.45) is 11.3 Å². The molecular formula is C16H29BO3. The molecule has 2 aliphatic rings. The van der Waals surface area contributed by atoms with Gasteiger partial charge in [-0.05, 0) is 57.9 Å². The lowest BCUT2D eigenvalue weighted by atomic mass is 9.74. The maximum atomic E-state index is 5.90. The predicted octanol–water partition coefficient (Wildman–Crippen LogP) is 4.32. The molecule has 1 atom stereocenters. The third-order valence-electron chi connectivity index (χ3n) is 5.07. The zero-order chi connectivity index (χ0) is 15.2. The topological polar surface area (TPSA) is 27.7 Å². The zero-order valence-electron chi connectivity index (χ0n) is 14.1. The van der Waals surface area contributed by atoms with Gasteiger partial charge >= 0.3 is 7.32 Å². The van der Waals surface area contributed by atoms with E-state index in [0.29, 0.717) is 5.41 Å². The molecule has 0 radical (unpaired) electrons. The Kier molecular flexibility index (Phi) is 4.03. The lowest BCUT2D eigenvalue weighted by Gasteiger charge is -2.33. The van der Waals surface area contributed by atoms with Crippen LogP contribution in [-0.4, -0.2) is 18.5 Å². The predicted molar refractivity (Wildman–Crippen MR) is 82.0 cm³/mol. The minimum Gasteiger partial charge on any atom is -0.516 e. The van der Waals surface area contributed by atoms with Crippen LogP contribution in [-0.2, 0) is 14.0 Å². The van der Waals surface area contributed by atoms with E-state index in [1.165, 1.54) is 6.42 Å². The Bertz CT molecular complexity index is 377. The summed E-state index contributed by atoms with van der Waals surface area (Å²) in [7, 11) is -0.572.